The molecule has 5 N–H and O–H groups in total. The molecule has 0 spiro atoms. The number of halogens is 1. The molecule has 0 radical (unpaired) electrons. The van der Waals surface area contributed by atoms with Gasteiger partial charge in [-0.15, -0.1) is 0 Å². The molecular formula is C11H11FN6O. The van der Waals surface area contributed by atoms with Crippen molar-refractivity contribution in [1.29, 1.82) is 10.7 Å². The van der Waals surface area contributed by atoms with Crippen LogP contribution in [0, 0.1) is 22.6 Å². The largest absolute Gasteiger partial charge is 0.382 e. The van der Waals surface area contributed by atoms with E-state index in [2.05, 4.69) is 15.8 Å². The van der Waals surface area contributed by atoms with Gasteiger partial charge in [-0.3, -0.25) is 15.6 Å². The van der Waals surface area contributed by atoms with Gasteiger partial charge in [-0.2, -0.15) is 10.4 Å². The van der Waals surface area contributed by atoms with Crippen molar-refractivity contribution in [2.75, 3.05) is 10.7 Å². The number of nitrogens with two attached hydrogens (primary N) is 1. The smallest absolute Gasteiger partial charge is 0.221 e. The number of nitriles is 1. The Morgan fingerprint density at radius 1 is 1.58 bits per heavy atom. The van der Waals surface area contributed by atoms with E-state index < -0.39 is 17.6 Å². The molecule has 0 heterocycles. The highest BCUT2D eigenvalue weighted by Crippen LogP contribution is 2.19. The lowest BCUT2D eigenvalue weighted by Gasteiger charge is -2.06. The van der Waals surface area contributed by atoms with Gasteiger partial charge in [0.1, 0.15) is 11.9 Å². The second-order valence-electron chi connectivity index (χ2n) is 3.47. The van der Waals surface area contributed by atoms with Crippen LogP contribution in [0.2, 0.25) is 0 Å². The Bertz CT molecular complexity index is 589. The maximum absolute atomic E-state index is 13.3. The van der Waals surface area contributed by atoms with Crippen LogP contribution in [0.15, 0.2) is 23.3 Å². The molecule has 8 heteroatoms. The predicted octanol–water partition coefficient (Wildman–Crippen LogP) is 1.01. The second-order valence-corrected chi connectivity index (χ2v) is 3.47. The Hall–Kier alpha value is -2.95. The van der Waals surface area contributed by atoms with Crippen LogP contribution < -0.4 is 16.5 Å². The highest BCUT2D eigenvalue weighted by Gasteiger charge is 2.06. The first-order chi connectivity index (χ1) is 8.93. The number of hydrogen-bond donors (Lipinski definition) is 4. The summed E-state index contributed by atoms with van der Waals surface area (Å²) in [5, 5.41) is 21.6. The summed E-state index contributed by atoms with van der Waals surface area (Å²) >= 11 is 0. The average Bonchev–Trinajstić information content (AvgIpc) is 2.32. The monoisotopic (exact) mass is 262 g/mol. The zero-order valence-corrected chi connectivity index (χ0v) is 9.99. The number of amides is 1. The highest BCUT2D eigenvalue weighted by molar-refractivity contribution is 6.45. The molecule has 1 aromatic carbocycles. The van der Waals surface area contributed by atoms with Crippen molar-refractivity contribution >= 4 is 28.8 Å². The molecule has 7 nitrogen and oxygen atoms in total. The summed E-state index contributed by atoms with van der Waals surface area (Å²) in [6.07, 6.45) is 0. The van der Waals surface area contributed by atoms with E-state index in [1.54, 1.807) is 6.07 Å². The predicted molar refractivity (Wildman–Crippen MR) is 69.3 cm³/mol. The van der Waals surface area contributed by atoms with Crippen molar-refractivity contribution in [2.45, 2.75) is 6.92 Å². The third-order valence-corrected chi connectivity index (χ3v) is 1.93. The van der Waals surface area contributed by atoms with E-state index in [4.69, 9.17) is 16.4 Å². The summed E-state index contributed by atoms with van der Waals surface area (Å²) in [6.45, 7) is 1.25. The molecule has 1 rings (SSSR count). The molecule has 0 aliphatic rings. The minimum atomic E-state index is -0.600. The third kappa shape index (κ3) is 4.08. The van der Waals surface area contributed by atoms with Gasteiger partial charge in [0.05, 0.1) is 11.4 Å². The molecule has 1 amide bonds. The first-order valence-electron chi connectivity index (χ1n) is 5.09. The summed E-state index contributed by atoms with van der Waals surface area (Å²) in [4.78, 5) is 10.9. The molecule has 0 atom stereocenters. The maximum atomic E-state index is 13.3. The zero-order chi connectivity index (χ0) is 14.4. The number of carbonyl (C=O) groups excluding carboxylic acids is 1. The number of hydrazone groups is 1. The Labute approximate surface area is 108 Å². The first-order valence-corrected chi connectivity index (χ1v) is 5.09. The third-order valence-electron chi connectivity index (χ3n) is 1.93. The topological polar surface area (TPSA) is 127 Å². The number of anilines is 2. The molecule has 98 valence electrons. The molecule has 0 bridgehead atoms. The quantitative estimate of drug-likeness (QED) is 0.367. The minimum absolute atomic E-state index is 0.0194. The number of nitrogens with zero attached hydrogens (tertiary/aromatic N) is 2. The SMILES string of the molecule is CC(=O)Nc1cc(N/N=C(\C#N)C(=N)N)ccc1F. The van der Waals surface area contributed by atoms with Gasteiger partial charge < -0.3 is 11.1 Å². The van der Waals surface area contributed by atoms with Gasteiger partial charge in [0, 0.05) is 6.92 Å². The van der Waals surface area contributed by atoms with E-state index in [1.165, 1.54) is 19.1 Å². The van der Waals surface area contributed by atoms with Crippen LogP contribution in [-0.2, 0) is 4.79 Å². The first kappa shape index (κ1) is 14.1. The van der Waals surface area contributed by atoms with Gasteiger partial charge in [-0.05, 0) is 18.2 Å². The van der Waals surface area contributed by atoms with E-state index >= 15 is 0 Å². The van der Waals surface area contributed by atoms with Crippen molar-refractivity contribution in [2.24, 2.45) is 10.8 Å². The Balaban J connectivity index is 2.95. The lowest BCUT2D eigenvalue weighted by Crippen LogP contribution is -2.21. The van der Waals surface area contributed by atoms with Gasteiger partial charge >= 0.3 is 0 Å². The summed E-state index contributed by atoms with van der Waals surface area (Å²) < 4.78 is 13.3. The second kappa shape index (κ2) is 6.11. The van der Waals surface area contributed by atoms with E-state index in [0.717, 1.165) is 6.07 Å². The molecule has 0 aliphatic heterocycles. The molecule has 0 fully saturated rings. The number of carbonyl (C=O) groups is 1. The fourth-order valence-corrected chi connectivity index (χ4v) is 1.15. The minimum Gasteiger partial charge on any atom is -0.382 e. The lowest BCUT2D eigenvalue weighted by molar-refractivity contribution is -0.114. The van der Waals surface area contributed by atoms with Gasteiger partial charge in [0.25, 0.3) is 0 Å². The van der Waals surface area contributed by atoms with Crippen LogP contribution in [0.25, 0.3) is 0 Å². The standard InChI is InChI=1S/C11H11FN6O/c1-6(19)16-9-4-7(2-3-8(9)12)17-18-10(5-13)11(14)15/h2-4,17H,1H3,(H3,14,15)(H,16,19)/b18-10+. The summed E-state index contributed by atoms with van der Waals surface area (Å²) in [5.74, 6) is -1.50. The number of nitrogens with one attached hydrogen (secondary N) is 3. The van der Waals surface area contributed by atoms with E-state index in [0.29, 0.717) is 5.69 Å². The zero-order valence-electron chi connectivity index (χ0n) is 9.99. The summed E-state index contributed by atoms with van der Waals surface area (Å²) in [5.41, 5.74) is 7.56. The van der Waals surface area contributed by atoms with Crippen LogP contribution in [0.1, 0.15) is 6.92 Å². The van der Waals surface area contributed by atoms with Gasteiger partial charge in [0.2, 0.25) is 11.6 Å². The normalized spacial score (nSPS) is 10.5. The van der Waals surface area contributed by atoms with Crippen molar-refractivity contribution in [1.82, 2.24) is 0 Å². The molecule has 0 aromatic heterocycles. The number of hydrogen-bond acceptors (Lipinski definition) is 5. The Kier molecular flexibility index (Phi) is 4.54. The molecule has 0 saturated carbocycles. The maximum Gasteiger partial charge on any atom is 0.221 e. The molecule has 0 aliphatic carbocycles. The van der Waals surface area contributed by atoms with Gasteiger partial charge in [-0.1, -0.05) is 0 Å². The summed E-state index contributed by atoms with van der Waals surface area (Å²) in [7, 11) is 0. The van der Waals surface area contributed by atoms with Crippen molar-refractivity contribution in [3.05, 3.63) is 24.0 Å². The molecular weight excluding hydrogens is 251 g/mol. The average molecular weight is 262 g/mol. The lowest BCUT2D eigenvalue weighted by atomic mass is 10.2. The Morgan fingerprint density at radius 3 is 2.79 bits per heavy atom. The van der Waals surface area contributed by atoms with Crippen LogP contribution in [0.4, 0.5) is 15.8 Å². The fourth-order valence-electron chi connectivity index (χ4n) is 1.15. The van der Waals surface area contributed by atoms with Crippen molar-refractivity contribution in [3.63, 3.8) is 0 Å². The van der Waals surface area contributed by atoms with Gasteiger partial charge in [-0.25, -0.2) is 4.39 Å². The number of rotatable bonds is 4. The van der Waals surface area contributed by atoms with E-state index in [9.17, 15) is 9.18 Å². The van der Waals surface area contributed by atoms with Gasteiger partial charge in [0.15, 0.2) is 5.84 Å². The van der Waals surface area contributed by atoms with Crippen LogP contribution in [-0.4, -0.2) is 17.5 Å². The Morgan fingerprint density at radius 2 is 2.26 bits per heavy atom. The van der Waals surface area contributed by atoms with Crippen molar-refractivity contribution in [3.8, 4) is 6.07 Å². The van der Waals surface area contributed by atoms with E-state index in [-0.39, 0.29) is 11.4 Å². The molecule has 19 heavy (non-hydrogen) atoms. The highest BCUT2D eigenvalue weighted by atomic mass is 19.1. The molecule has 0 unspecified atom stereocenters. The number of benzene rings is 1. The van der Waals surface area contributed by atoms with E-state index in [1.807, 2.05) is 0 Å². The van der Waals surface area contributed by atoms with Crippen LogP contribution in [0.3, 0.4) is 0 Å². The van der Waals surface area contributed by atoms with Crippen LogP contribution in [0.5, 0.6) is 0 Å². The fraction of sp³-hybridized carbons (Fsp3) is 0.0909. The molecule has 1 aromatic rings. The number of amidine groups is 1. The molecule has 0 saturated heterocycles. The van der Waals surface area contributed by atoms with Crippen LogP contribution >= 0.6 is 0 Å². The summed E-state index contributed by atoms with van der Waals surface area (Å²) in [6, 6.07) is 5.41. The van der Waals surface area contributed by atoms with Crippen molar-refractivity contribution < 1.29 is 9.18 Å².